The number of carbonyl (C=O) groups is 5. The van der Waals surface area contributed by atoms with Crippen molar-refractivity contribution in [3.63, 3.8) is 0 Å². The maximum Gasteiger partial charge on any atom is 0.356 e. The van der Waals surface area contributed by atoms with E-state index in [0.29, 0.717) is 12.8 Å². The average molecular weight is 685 g/mol. The van der Waals surface area contributed by atoms with Gasteiger partial charge in [0.15, 0.2) is 6.10 Å². The first kappa shape index (κ1) is 36.2. The number of amides is 2. The van der Waals surface area contributed by atoms with Gasteiger partial charge in [-0.25, -0.2) is 10.3 Å². The minimum absolute atomic E-state index is 0.00472. The number of ether oxygens (including phenoxy) is 2. The number of rotatable bonds is 12. The molecule has 1 saturated heterocycles. The molecule has 0 radical (unpaired) electrons. The van der Waals surface area contributed by atoms with E-state index in [1.807, 2.05) is 60.7 Å². The molecule has 2 amide bonds. The highest BCUT2D eigenvalue weighted by molar-refractivity contribution is 8.00. The van der Waals surface area contributed by atoms with E-state index in [-0.39, 0.29) is 29.4 Å². The third-order valence-corrected chi connectivity index (χ3v) is 8.98. The van der Waals surface area contributed by atoms with E-state index in [1.54, 1.807) is 41.5 Å². The van der Waals surface area contributed by atoms with Gasteiger partial charge in [-0.15, -0.1) is 11.8 Å². The van der Waals surface area contributed by atoms with E-state index >= 15 is 0 Å². The summed E-state index contributed by atoms with van der Waals surface area (Å²) in [5.41, 5.74) is 2.17. The molecule has 2 aromatic carbocycles. The zero-order valence-electron chi connectivity index (χ0n) is 27.4. The molecule has 1 fully saturated rings. The van der Waals surface area contributed by atoms with Gasteiger partial charge in [-0.2, -0.15) is 0 Å². The van der Waals surface area contributed by atoms with Crippen LogP contribution in [0.4, 0.5) is 0 Å². The van der Waals surface area contributed by atoms with Crippen molar-refractivity contribution in [2.75, 3.05) is 5.75 Å². The molecular formula is C35H41ClN2O8S. The van der Waals surface area contributed by atoms with Crippen molar-refractivity contribution in [3.05, 3.63) is 83.1 Å². The summed E-state index contributed by atoms with van der Waals surface area (Å²) < 4.78 is 11.5. The average Bonchev–Trinajstić information content (AvgIpc) is 3.01. The number of hydroxylamine groups is 1. The van der Waals surface area contributed by atoms with E-state index in [0.717, 1.165) is 11.1 Å². The molecule has 252 valence electrons. The van der Waals surface area contributed by atoms with Crippen LogP contribution in [0.1, 0.15) is 78.0 Å². The Morgan fingerprint density at radius 2 is 1.51 bits per heavy atom. The zero-order chi connectivity index (χ0) is 34.5. The van der Waals surface area contributed by atoms with E-state index in [2.05, 4.69) is 5.48 Å². The van der Waals surface area contributed by atoms with Crippen molar-refractivity contribution in [1.29, 1.82) is 0 Å². The first-order chi connectivity index (χ1) is 22.1. The van der Waals surface area contributed by atoms with Crippen LogP contribution >= 0.6 is 23.4 Å². The van der Waals surface area contributed by atoms with Gasteiger partial charge in [-0.3, -0.25) is 28.9 Å². The molecule has 0 aromatic heterocycles. The number of fused-ring (bicyclic) bond motifs is 1. The Morgan fingerprint density at radius 3 is 2.02 bits per heavy atom. The zero-order valence-corrected chi connectivity index (χ0v) is 29.0. The van der Waals surface area contributed by atoms with Crippen molar-refractivity contribution in [2.24, 2.45) is 11.8 Å². The van der Waals surface area contributed by atoms with E-state index < -0.39 is 57.6 Å². The molecule has 2 aliphatic rings. The van der Waals surface area contributed by atoms with Crippen molar-refractivity contribution in [3.8, 4) is 0 Å². The van der Waals surface area contributed by atoms with E-state index in [1.165, 1.54) is 16.7 Å². The first-order valence-electron chi connectivity index (χ1n) is 15.5. The van der Waals surface area contributed by atoms with Crippen molar-refractivity contribution < 1.29 is 38.3 Å². The molecule has 3 atom stereocenters. The second kappa shape index (κ2) is 15.0. The highest BCUT2D eigenvalue weighted by Gasteiger charge is 2.54. The van der Waals surface area contributed by atoms with Crippen LogP contribution < -0.4 is 5.48 Å². The predicted octanol–water partition coefficient (Wildman–Crippen LogP) is 5.84. The maximum atomic E-state index is 13.8. The lowest BCUT2D eigenvalue weighted by Crippen LogP contribution is -2.61. The number of thioether (sulfide) groups is 1. The lowest BCUT2D eigenvalue weighted by Gasteiger charge is -2.49. The molecule has 0 spiro atoms. The van der Waals surface area contributed by atoms with Crippen molar-refractivity contribution >= 4 is 52.4 Å². The summed E-state index contributed by atoms with van der Waals surface area (Å²) in [5.74, 6) is -4.06. The van der Waals surface area contributed by atoms with Crippen LogP contribution in [0.2, 0.25) is 0 Å². The first-order valence-corrected chi connectivity index (χ1v) is 16.9. The number of benzene rings is 2. The van der Waals surface area contributed by atoms with Crippen molar-refractivity contribution in [2.45, 2.75) is 83.5 Å². The Labute approximate surface area is 284 Å². The molecule has 0 aliphatic carbocycles. The van der Waals surface area contributed by atoms with Crippen LogP contribution in [-0.2, 0) is 38.3 Å². The number of hydrogen-bond donors (Lipinski definition) is 1. The Balaban J connectivity index is 1.49. The highest BCUT2D eigenvalue weighted by atomic mass is 35.5. The van der Waals surface area contributed by atoms with Gasteiger partial charge in [0.25, 0.3) is 11.1 Å². The Morgan fingerprint density at radius 1 is 0.936 bits per heavy atom. The number of esters is 2. The van der Waals surface area contributed by atoms with Gasteiger partial charge in [-0.05, 0) is 77.1 Å². The predicted molar refractivity (Wildman–Crippen MR) is 177 cm³/mol. The third kappa shape index (κ3) is 9.24. The molecule has 2 aliphatic heterocycles. The molecular weight excluding hydrogens is 644 g/mol. The smallest absolute Gasteiger partial charge is 0.356 e. The van der Waals surface area contributed by atoms with Crippen LogP contribution in [0.25, 0.3) is 0 Å². The van der Waals surface area contributed by atoms with Crippen LogP contribution in [0, 0.1) is 11.8 Å². The molecule has 0 bridgehead atoms. The van der Waals surface area contributed by atoms with Gasteiger partial charge in [0, 0.05) is 5.75 Å². The summed E-state index contributed by atoms with van der Waals surface area (Å²) in [5, 5.41) is -1.28. The molecule has 12 heteroatoms. The van der Waals surface area contributed by atoms with Gasteiger partial charge in [0.2, 0.25) is 5.91 Å². The van der Waals surface area contributed by atoms with Crippen LogP contribution in [0.15, 0.2) is 71.9 Å². The largest absolute Gasteiger partial charge is 0.459 e. The number of β-lactam (4-membered cyclic amide) rings is 1. The molecule has 1 N–H and O–H groups in total. The van der Waals surface area contributed by atoms with Crippen LogP contribution in [-0.4, -0.2) is 56.2 Å². The highest BCUT2D eigenvalue weighted by Crippen LogP contribution is 2.47. The standard InChI is InChI=1S/C35H41ClN2O8S/c1-34(2,3)45-32(42)23(29(40)37-46-35(4,5)6)18-13-19-24-30(41)38-26(25(28(36)39)20-47-31(24)38)33(43)44-27(21-14-9-7-10-15-21)22-16-11-8-12-17-22/h7-12,14-17,23-24,27,31H,13,18-20H2,1-6H3,(H,37,40)/t23?,24?,31-/m1/s1. The molecule has 2 heterocycles. The summed E-state index contributed by atoms with van der Waals surface area (Å²) >= 11 is 7.24. The number of hydrogen-bond acceptors (Lipinski definition) is 9. The molecule has 4 rings (SSSR count). The third-order valence-electron chi connectivity index (χ3n) is 7.41. The molecule has 0 saturated carbocycles. The fourth-order valence-corrected chi connectivity index (χ4v) is 6.95. The lowest BCUT2D eigenvalue weighted by atomic mass is 9.88. The Kier molecular flexibility index (Phi) is 11.6. The van der Waals surface area contributed by atoms with Crippen LogP contribution in [0.3, 0.4) is 0 Å². The van der Waals surface area contributed by atoms with E-state index in [4.69, 9.17) is 25.9 Å². The second-order valence-corrected chi connectivity index (χ2v) is 14.9. The van der Waals surface area contributed by atoms with Gasteiger partial charge in [0.05, 0.1) is 22.5 Å². The second-order valence-electron chi connectivity index (χ2n) is 13.4. The van der Waals surface area contributed by atoms with Gasteiger partial charge in [0.1, 0.15) is 17.2 Å². The fourth-order valence-electron chi connectivity index (χ4n) is 5.26. The summed E-state index contributed by atoms with van der Waals surface area (Å²) in [6, 6.07) is 18.3. The van der Waals surface area contributed by atoms with Crippen molar-refractivity contribution in [1.82, 2.24) is 10.4 Å². The molecule has 2 aromatic rings. The number of carbonyl (C=O) groups excluding carboxylic acids is 5. The van der Waals surface area contributed by atoms with Gasteiger partial charge >= 0.3 is 11.9 Å². The Hall–Kier alpha value is -3.67. The van der Waals surface area contributed by atoms with Gasteiger partial charge < -0.3 is 9.47 Å². The molecule has 47 heavy (non-hydrogen) atoms. The summed E-state index contributed by atoms with van der Waals surface area (Å²) in [4.78, 5) is 72.4. The number of nitrogens with zero attached hydrogens (tertiary/aromatic N) is 1. The van der Waals surface area contributed by atoms with E-state index in [9.17, 15) is 24.0 Å². The molecule has 2 unspecified atom stereocenters. The summed E-state index contributed by atoms with van der Waals surface area (Å²) in [6.07, 6.45) is -0.00437. The monoisotopic (exact) mass is 684 g/mol. The minimum Gasteiger partial charge on any atom is -0.459 e. The lowest BCUT2D eigenvalue weighted by molar-refractivity contribution is -0.169. The topological polar surface area (TPSA) is 128 Å². The Bertz CT molecular complexity index is 1480. The fraction of sp³-hybridized carbons (Fsp3) is 0.457. The maximum absolute atomic E-state index is 13.8. The number of nitrogens with one attached hydrogen (secondary N) is 1. The quantitative estimate of drug-likeness (QED) is 0.0964. The summed E-state index contributed by atoms with van der Waals surface area (Å²) in [6.45, 7) is 10.4. The number of halogens is 1. The van der Waals surface area contributed by atoms with Crippen LogP contribution in [0.5, 0.6) is 0 Å². The minimum atomic E-state index is -1.15. The van der Waals surface area contributed by atoms with Gasteiger partial charge in [-0.1, -0.05) is 67.1 Å². The normalized spacial score (nSPS) is 18.6. The molecule has 10 nitrogen and oxygen atoms in total. The SMILES string of the molecule is CC(C)(C)ONC(=O)C(CCCC1C(=O)N2C(C(=O)OC(c3ccccc3)c3ccccc3)=C(C(=O)Cl)CS[C@H]12)C(=O)OC(C)(C)C. The summed E-state index contributed by atoms with van der Waals surface area (Å²) in [7, 11) is 0.